The third-order valence-corrected chi connectivity index (χ3v) is 1.11. The Morgan fingerprint density at radius 2 is 2.40 bits per heavy atom. The molecular formula is C6H15N2O2. The van der Waals surface area contributed by atoms with Crippen molar-refractivity contribution >= 4 is 0 Å². The molecule has 0 fully saturated rings. The molecular weight excluding hydrogens is 132 g/mol. The topological polar surface area (TPSA) is 67.2 Å². The highest BCUT2D eigenvalue weighted by Crippen LogP contribution is 1.89. The predicted octanol–water partition coefficient (Wildman–Crippen LogP) is -0.467. The van der Waals surface area contributed by atoms with Gasteiger partial charge in [0.15, 0.2) is 0 Å². The molecule has 0 aromatic rings. The third kappa shape index (κ3) is 5.97. The van der Waals surface area contributed by atoms with Crippen molar-refractivity contribution in [1.29, 1.82) is 0 Å². The normalized spacial score (nSPS) is 13.5. The van der Waals surface area contributed by atoms with Gasteiger partial charge in [-0.2, -0.15) is 0 Å². The first-order chi connectivity index (χ1) is 4.81. The molecule has 0 saturated carbocycles. The number of ether oxygens (including phenoxy) is 1. The summed E-state index contributed by atoms with van der Waals surface area (Å²) in [7, 11) is 0. The average Bonchev–Trinajstić information content (AvgIpc) is 1.98. The van der Waals surface area contributed by atoms with Gasteiger partial charge >= 0.3 is 0 Å². The number of hydrogen-bond donors (Lipinski definition) is 2. The number of rotatable bonds is 6. The SMILES string of the molecule is CC(CN)COCNC[O]. The van der Waals surface area contributed by atoms with Crippen LogP contribution in [0.25, 0.3) is 0 Å². The molecule has 0 rings (SSSR count). The smallest absolute Gasteiger partial charge is 0.134 e. The minimum Gasteiger partial charge on any atom is -0.366 e. The highest BCUT2D eigenvalue weighted by atomic mass is 16.5. The summed E-state index contributed by atoms with van der Waals surface area (Å²) in [5.41, 5.74) is 5.32. The van der Waals surface area contributed by atoms with Gasteiger partial charge < -0.3 is 10.5 Å². The zero-order valence-electron chi connectivity index (χ0n) is 6.30. The summed E-state index contributed by atoms with van der Waals surface area (Å²) in [6.45, 7) is 3.27. The van der Waals surface area contributed by atoms with Gasteiger partial charge in [-0.25, -0.2) is 5.11 Å². The summed E-state index contributed by atoms with van der Waals surface area (Å²) in [5.74, 6) is 0.369. The Morgan fingerprint density at radius 1 is 1.70 bits per heavy atom. The van der Waals surface area contributed by atoms with Crippen LogP contribution in [0.15, 0.2) is 0 Å². The van der Waals surface area contributed by atoms with Crippen LogP contribution >= 0.6 is 0 Å². The van der Waals surface area contributed by atoms with Crippen LogP contribution in [-0.2, 0) is 9.84 Å². The van der Waals surface area contributed by atoms with E-state index in [1.807, 2.05) is 6.92 Å². The minimum absolute atomic E-state index is 0.295. The molecule has 1 unspecified atom stereocenters. The number of nitrogens with one attached hydrogen (secondary N) is 1. The summed E-state index contributed by atoms with van der Waals surface area (Å²) in [4.78, 5) is 0. The maximum absolute atomic E-state index is 9.83. The van der Waals surface area contributed by atoms with E-state index in [-0.39, 0.29) is 6.73 Å². The van der Waals surface area contributed by atoms with Crippen molar-refractivity contribution in [3.05, 3.63) is 0 Å². The van der Waals surface area contributed by atoms with Gasteiger partial charge in [0.2, 0.25) is 0 Å². The second-order valence-electron chi connectivity index (χ2n) is 2.25. The first-order valence-corrected chi connectivity index (χ1v) is 3.38. The quantitative estimate of drug-likeness (QED) is 0.394. The molecule has 4 nitrogen and oxygen atoms in total. The highest BCUT2D eigenvalue weighted by molar-refractivity contribution is 4.48. The van der Waals surface area contributed by atoms with Crippen LogP contribution in [0.4, 0.5) is 0 Å². The fraction of sp³-hybridized carbons (Fsp3) is 1.00. The van der Waals surface area contributed by atoms with Gasteiger partial charge in [0.25, 0.3) is 0 Å². The maximum Gasteiger partial charge on any atom is 0.134 e. The lowest BCUT2D eigenvalue weighted by molar-refractivity contribution is 0.0591. The molecule has 1 radical (unpaired) electrons. The molecule has 0 heterocycles. The first-order valence-electron chi connectivity index (χ1n) is 3.38. The van der Waals surface area contributed by atoms with Crippen molar-refractivity contribution < 1.29 is 9.84 Å². The standard InChI is InChI=1S/C6H15N2O2/c1-6(2-7)3-10-5-8-4-9/h6,8H,2-5,7H2,1H3. The second kappa shape index (κ2) is 6.95. The molecule has 0 aliphatic heterocycles. The number of hydrogen-bond acceptors (Lipinski definition) is 3. The van der Waals surface area contributed by atoms with Gasteiger partial charge in [0, 0.05) is 0 Å². The van der Waals surface area contributed by atoms with Gasteiger partial charge in [-0.1, -0.05) is 6.92 Å². The fourth-order valence-electron chi connectivity index (χ4n) is 0.442. The molecule has 0 spiro atoms. The van der Waals surface area contributed by atoms with Crippen molar-refractivity contribution in [3.63, 3.8) is 0 Å². The van der Waals surface area contributed by atoms with E-state index >= 15 is 0 Å². The lowest BCUT2D eigenvalue weighted by Gasteiger charge is -2.08. The molecule has 0 aromatic heterocycles. The second-order valence-corrected chi connectivity index (χ2v) is 2.25. The first kappa shape index (κ1) is 9.84. The monoisotopic (exact) mass is 147 g/mol. The van der Waals surface area contributed by atoms with E-state index in [1.165, 1.54) is 0 Å². The van der Waals surface area contributed by atoms with E-state index in [0.717, 1.165) is 0 Å². The van der Waals surface area contributed by atoms with Crippen molar-refractivity contribution in [1.82, 2.24) is 5.32 Å². The Labute approximate surface area is 61.4 Å². The summed E-state index contributed by atoms with van der Waals surface area (Å²) in [6.07, 6.45) is 0. The van der Waals surface area contributed by atoms with Crippen LogP contribution in [0.3, 0.4) is 0 Å². The zero-order chi connectivity index (χ0) is 7.82. The van der Waals surface area contributed by atoms with Crippen LogP contribution in [0.5, 0.6) is 0 Å². The third-order valence-electron chi connectivity index (χ3n) is 1.11. The van der Waals surface area contributed by atoms with Gasteiger partial charge in [0.05, 0.1) is 13.3 Å². The highest BCUT2D eigenvalue weighted by Gasteiger charge is 1.96. The number of nitrogens with two attached hydrogens (primary N) is 1. The fourth-order valence-corrected chi connectivity index (χ4v) is 0.442. The molecule has 0 aliphatic carbocycles. The van der Waals surface area contributed by atoms with Gasteiger partial charge in [-0.3, -0.25) is 5.32 Å². The van der Waals surface area contributed by atoms with Gasteiger partial charge in [-0.05, 0) is 12.5 Å². The molecule has 61 valence electrons. The van der Waals surface area contributed by atoms with E-state index in [2.05, 4.69) is 5.32 Å². The molecule has 3 N–H and O–H groups in total. The van der Waals surface area contributed by atoms with Gasteiger partial charge in [0.1, 0.15) is 6.73 Å². The Kier molecular flexibility index (Phi) is 6.84. The van der Waals surface area contributed by atoms with Crippen LogP contribution in [0.2, 0.25) is 0 Å². The maximum atomic E-state index is 9.83. The molecule has 0 bridgehead atoms. The Bertz CT molecular complexity index is 70.8. The zero-order valence-corrected chi connectivity index (χ0v) is 6.30. The summed E-state index contributed by atoms with van der Waals surface area (Å²) < 4.78 is 5.04. The molecule has 0 saturated heterocycles. The molecule has 0 aliphatic rings. The summed E-state index contributed by atoms with van der Waals surface area (Å²) >= 11 is 0. The van der Waals surface area contributed by atoms with Crippen molar-refractivity contribution in [3.8, 4) is 0 Å². The lowest BCUT2D eigenvalue weighted by atomic mass is 10.2. The molecule has 10 heavy (non-hydrogen) atoms. The Balaban J connectivity index is 2.89. The Hall–Kier alpha value is -0.160. The molecule has 0 aromatic carbocycles. The van der Waals surface area contributed by atoms with E-state index in [1.54, 1.807) is 0 Å². The largest absolute Gasteiger partial charge is 0.366 e. The van der Waals surface area contributed by atoms with E-state index in [4.69, 9.17) is 10.5 Å². The molecule has 0 amide bonds. The van der Waals surface area contributed by atoms with Crippen LogP contribution in [0.1, 0.15) is 6.92 Å². The Morgan fingerprint density at radius 3 is 2.90 bits per heavy atom. The van der Waals surface area contributed by atoms with E-state index < -0.39 is 0 Å². The van der Waals surface area contributed by atoms with Crippen molar-refractivity contribution in [2.45, 2.75) is 6.92 Å². The van der Waals surface area contributed by atoms with Crippen molar-refractivity contribution in [2.75, 3.05) is 26.6 Å². The minimum atomic E-state index is -0.295. The predicted molar refractivity (Wildman–Crippen MR) is 37.7 cm³/mol. The van der Waals surface area contributed by atoms with Crippen LogP contribution in [-0.4, -0.2) is 26.6 Å². The van der Waals surface area contributed by atoms with Gasteiger partial charge in [-0.15, -0.1) is 0 Å². The van der Waals surface area contributed by atoms with Crippen molar-refractivity contribution in [2.24, 2.45) is 11.7 Å². The summed E-state index contributed by atoms with van der Waals surface area (Å²) in [5, 5.41) is 12.3. The van der Waals surface area contributed by atoms with E-state index in [9.17, 15) is 5.11 Å². The van der Waals surface area contributed by atoms with E-state index in [0.29, 0.717) is 25.8 Å². The van der Waals surface area contributed by atoms with Crippen LogP contribution in [0, 0.1) is 5.92 Å². The van der Waals surface area contributed by atoms with Crippen LogP contribution < -0.4 is 11.1 Å². The summed E-state index contributed by atoms with van der Waals surface area (Å²) in [6, 6.07) is 0. The molecule has 1 atom stereocenters. The molecule has 4 heteroatoms. The average molecular weight is 147 g/mol. The lowest BCUT2D eigenvalue weighted by Crippen LogP contribution is -2.23.